The maximum atomic E-state index is 12.6. The molecule has 108 valence electrons. The second kappa shape index (κ2) is 5.35. The van der Waals surface area contributed by atoms with Crippen LogP contribution in [0.15, 0.2) is 18.5 Å². The number of hydrogen-bond acceptors (Lipinski definition) is 5. The molecule has 0 saturated carbocycles. The summed E-state index contributed by atoms with van der Waals surface area (Å²) in [6.07, 6.45) is -0.780. The van der Waals surface area contributed by atoms with E-state index in [1.165, 1.54) is 6.20 Å². The van der Waals surface area contributed by atoms with Crippen molar-refractivity contribution in [3.63, 3.8) is 0 Å². The summed E-state index contributed by atoms with van der Waals surface area (Å²) in [5.74, 6) is -0.499. The van der Waals surface area contributed by atoms with E-state index < -0.39 is 17.8 Å². The van der Waals surface area contributed by atoms with Gasteiger partial charge < -0.3 is 10.5 Å². The molecule has 0 aliphatic heterocycles. The van der Waals surface area contributed by atoms with Crippen molar-refractivity contribution in [3.8, 4) is 11.6 Å². The molecule has 2 aromatic heterocycles. The van der Waals surface area contributed by atoms with Crippen LogP contribution in [0.5, 0.6) is 11.6 Å². The molecule has 0 amide bonds. The van der Waals surface area contributed by atoms with Crippen LogP contribution in [0.4, 0.5) is 19.1 Å². The van der Waals surface area contributed by atoms with Gasteiger partial charge >= 0.3 is 6.18 Å². The van der Waals surface area contributed by atoms with E-state index in [1.54, 1.807) is 10.9 Å². The number of rotatable bonds is 4. The molecule has 6 nitrogen and oxygen atoms in total. The van der Waals surface area contributed by atoms with Gasteiger partial charge in [0, 0.05) is 12.6 Å². The molecule has 0 atom stereocenters. The molecule has 9 heteroatoms. The summed E-state index contributed by atoms with van der Waals surface area (Å²) < 4.78 is 44.5. The van der Waals surface area contributed by atoms with E-state index in [0.717, 1.165) is 6.42 Å². The van der Waals surface area contributed by atoms with Crippen LogP contribution in [0.2, 0.25) is 0 Å². The van der Waals surface area contributed by atoms with Crippen LogP contribution >= 0.6 is 0 Å². The monoisotopic (exact) mass is 287 g/mol. The molecule has 0 saturated heterocycles. The maximum absolute atomic E-state index is 12.6. The smallest absolute Gasteiger partial charge is 0.433 e. The Morgan fingerprint density at radius 3 is 2.75 bits per heavy atom. The molecule has 2 rings (SSSR count). The van der Waals surface area contributed by atoms with Gasteiger partial charge in [0.05, 0.1) is 12.4 Å². The molecule has 0 aromatic carbocycles. The third kappa shape index (κ3) is 3.37. The molecule has 0 radical (unpaired) electrons. The SMILES string of the molecule is CCCn1cc(Oc2cc(C(F)(F)F)nc(N)n2)cn1. The minimum absolute atomic E-state index is 0.277. The topological polar surface area (TPSA) is 78.9 Å². The molecule has 0 spiro atoms. The standard InChI is InChI=1S/C11H12F3N5O/c1-2-3-19-6-7(5-16-19)20-9-4-8(11(12,13)14)17-10(15)18-9/h4-6H,2-3H2,1H3,(H2,15,17,18). The Bertz CT molecular complexity index is 596. The number of anilines is 1. The molecular weight excluding hydrogens is 275 g/mol. The lowest BCUT2D eigenvalue weighted by Gasteiger charge is -2.08. The fourth-order valence-electron chi connectivity index (χ4n) is 1.51. The molecule has 0 bridgehead atoms. The van der Waals surface area contributed by atoms with Gasteiger partial charge in [0.1, 0.15) is 0 Å². The van der Waals surface area contributed by atoms with E-state index in [0.29, 0.717) is 12.6 Å². The second-order valence-electron chi connectivity index (χ2n) is 3.99. The first-order chi connectivity index (χ1) is 9.38. The summed E-state index contributed by atoms with van der Waals surface area (Å²) in [6, 6.07) is 0.688. The first-order valence-corrected chi connectivity index (χ1v) is 5.80. The average Bonchev–Trinajstić information content (AvgIpc) is 2.75. The van der Waals surface area contributed by atoms with Gasteiger partial charge in [0.15, 0.2) is 11.4 Å². The van der Waals surface area contributed by atoms with Crippen molar-refractivity contribution in [2.24, 2.45) is 0 Å². The summed E-state index contributed by atoms with van der Waals surface area (Å²) >= 11 is 0. The van der Waals surface area contributed by atoms with Crippen LogP contribution in [0.1, 0.15) is 19.0 Å². The third-order valence-corrected chi connectivity index (χ3v) is 2.30. The number of hydrogen-bond donors (Lipinski definition) is 1. The first-order valence-electron chi connectivity index (χ1n) is 5.80. The van der Waals surface area contributed by atoms with Gasteiger partial charge in [-0.1, -0.05) is 6.92 Å². The Morgan fingerprint density at radius 1 is 1.35 bits per heavy atom. The molecular formula is C11H12F3N5O. The van der Waals surface area contributed by atoms with Crippen molar-refractivity contribution in [2.45, 2.75) is 26.1 Å². The second-order valence-corrected chi connectivity index (χ2v) is 3.99. The number of aromatic nitrogens is 4. The number of aryl methyl sites for hydroxylation is 1. The van der Waals surface area contributed by atoms with E-state index in [2.05, 4.69) is 15.1 Å². The largest absolute Gasteiger partial charge is 0.436 e. The Hall–Kier alpha value is -2.32. The molecule has 0 aliphatic rings. The Balaban J connectivity index is 2.22. The Kier molecular flexibility index (Phi) is 3.77. The number of nitrogens with zero attached hydrogens (tertiary/aromatic N) is 4. The van der Waals surface area contributed by atoms with Gasteiger partial charge in [-0.3, -0.25) is 4.68 Å². The molecule has 20 heavy (non-hydrogen) atoms. The van der Waals surface area contributed by atoms with Crippen molar-refractivity contribution >= 4 is 5.95 Å². The molecule has 0 aliphatic carbocycles. The van der Waals surface area contributed by atoms with Crippen molar-refractivity contribution in [1.82, 2.24) is 19.7 Å². The van der Waals surface area contributed by atoms with E-state index in [4.69, 9.17) is 10.5 Å². The zero-order valence-electron chi connectivity index (χ0n) is 10.6. The van der Waals surface area contributed by atoms with Gasteiger partial charge in [-0.25, -0.2) is 4.98 Å². The summed E-state index contributed by atoms with van der Waals surface area (Å²) in [7, 11) is 0. The lowest BCUT2D eigenvalue weighted by atomic mass is 10.4. The fourth-order valence-corrected chi connectivity index (χ4v) is 1.51. The van der Waals surface area contributed by atoms with E-state index in [1.807, 2.05) is 6.92 Å². The van der Waals surface area contributed by atoms with Gasteiger partial charge in [-0.2, -0.15) is 23.3 Å². The van der Waals surface area contributed by atoms with Crippen molar-refractivity contribution in [1.29, 1.82) is 0 Å². The van der Waals surface area contributed by atoms with Crippen LogP contribution in [-0.2, 0) is 12.7 Å². The van der Waals surface area contributed by atoms with Gasteiger partial charge in [0.25, 0.3) is 0 Å². The van der Waals surface area contributed by atoms with Gasteiger partial charge in [-0.15, -0.1) is 0 Å². The van der Waals surface area contributed by atoms with E-state index in [-0.39, 0.29) is 11.6 Å². The highest BCUT2D eigenvalue weighted by atomic mass is 19.4. The van der Waals surface area contributed by atoms with Crippen LogP contribution < -0.4 is 10.5 Å². The van der Waals surface area contributed by atoms with Crippen molar-refractivity contribution < 1.29 is 17.9 Å². The zero-order chi connectivity index (χ0) is 14.8. The number of halogens is 3. The maximum Gasteiger partial charge on any atom is 0.433 e. The van der Waals surface area contributed by atoms with Crippen LogP contribution in [0.25, 0.3) is 0 Å². The number of alkyl halides is 3. The van der Waals surface area contributed by atoms with Crippen LogP contribution in [0.3, 0.4) is 0 Å². The highest BCUT2D eigenvalue weighted by Crippen LogP contribution is 2.31. The predicted molar refractivity (Wildman–Crippen MR) is 64.0 cm³/mol. The lowest BCUT2D eigenvalue weighted by molar-refractivity contribution is -0.141. The summed E-state index contributed by atoms with van der Waals surface area (Å²) in [5, 5.41) is 3.99. The number of ether oxygens (including phenoxy) is 1. The van der Waals surface area contributed by atoms with E-state index >= 15 is 0 Å². The highest BCUT2D eigenvalue weighted by molar-refractivity contribution is 5.30. The molecule has 2 aromatic rings. The van der Waals surface area contributed by atoms with E-state index in [9.17, 15) is 13.2 Å². The number of nitrogen functional groups attached to an aromatic ring is 1. The van der Waals surface area contributed by atoms with Crippen LogP contribution in [0, 0.1) is 0 Å². The zero-order valence-corrected chi connectivity index (χ0v) is 10.6. The Morgan fingerprint density at radius 2 is 2.10 bits per heavy atom. The minimum atomic E-state index is -4.61. The van der Waals surface area contributed by atoms with Crippen molar-refractivity contribution in [3.05, 3.63) is 24.2 Å². The quantitative estimate of drug-likeness (QED) is 0.934. The van der Waals surface area contributed by atoms with Crippen molar-refractivity contribution in [2.75, 3.05) is 5.73 Å². The summed E-state index contributed by atoms with van der Waals surface area (Å²) in [6.45, 7) is 2.66. The Labute approximate surface area is 112 Å². The summed E-state index contributed by atoms with van der Waals surface area (Å²) in [4.78, 5) is 6.73. The normalized spacial score (nSPS) is 11.6. The van der Waals surface area contributed by atoms with Gasteiger partial charge in [-0.05, 0) is 6.42 Å². The average molecular weight is 287 g/mol. The molecule has 2 N–H and O–H groups in total. The third-order valence-electron chi connectivity index (χ3n) is 2.30. The molecule has 2 heterocycles. The first kappa shape index (κ1) is 14.1. The fraction of sp³-hybridized carbons (Fsp3) is 0.364. The molecule has 0 unspecified atom stereocenters. The van der Waals surface area contributed by atoms with Crippen LogP contribution in [-0.4, -0.2) is 19.7 Å². The van der Waals surface area contributed by atoms with Gasteiger partial charge in [0.2, 0.25) is 11.8 Å². The lowest BCUT2D eigenvalue weighted by Crippen LogP contribution is -2.11. The predicted octanol–water partition coefficient (Wildman–Crippen LogP) is 2.48. The highest BCUT2D eigenvalue weighted by Gasteiger charge is 2.33. The number of nitrogens with two attached hydrogens (primary N) is 1. The minimum Gasteiger partial charge on any atom is -0.436 e. The summed E-state index contributed by atoms with van der Waals surface area (Å²) in [5.41, 5.74) is 4.09. The molecule has 0 fully saturated rings.